The van der Waals surface area contributed by atoms with Crippen molar-refractivity contribution in [3.05, 3.63) is 261 Å². The van der Waals surface area contributed by atoms with E-state index in [0.29, 0.717) is 5.75 Å². The molecule has 2 aromatic heterocycles. The first-order chi connectivity index (χ1) is 45.8. The fourth-order valence-electron chi connectivity index (χ4n) is 15.8. The summed E-state index contributed by atoms with van der Waals surface area (Å²) in [6, 6.07) is 93.1. The van der Waals surface area contributed by atoms with Crippen LogP contribution >= 0.6 is 22.7 Å². The van der Waals surface area contributed by atoms with E-state index in [1.807, 2.05) is 114 Å². The van der Waals surface area contributed by atoms with Gasteiger partial charge in [0, 0.05) is 150 Å². The third-order valence-electron chi connectivity index (χ3n) is 19.8. The number of rotatable bonds is 8. The summed E-state index contributed by atoms with van der Waals surface area (Å²) in [4.78, 5) is 12.1. The first kappa shape index (κ1) is 52.7. The smallest absolute Gasteiger partial charge is 0.264 e. The van der Waals surface area contributed by atoms with Crippen molar-refractivity contribution in [3.63, 3.8) is 0 Å². The standard InChI is InChI=1S/C79H52B3N5O4S2/c1-83-62-45-61-57(43-58(62)81-73-64(83)37-52(88-49-27-13-6-14-28-49)40-67(73)86(47-23-9-4-10-24-47)76-55-33-19-21-35-71(55)92-78(76)81)80-60-44-59-63(46-69(60)91-70-42-54(39-66(75(70)80)84(61)2)90-51-31-17-8-18-32-51)85(3)65-38-53(89-50-29-15-7-16-30-50)41-68-74(65)82(59)79-77(56-34-20-22-36-72(56)93-79)87(68)48-25-11-5-12-26-48/h4-46H,1-3H3. The highest BCUT2D eigenvalue weighted by molar-refractivity contribution is 7.34. The molecule has 20 rings (SSSR count). The average Bonchev–Trinajstić information content (AvgIpc) is 1.69. The molecule has 0 aliphatic carbocycles. The van der Waals surface area contributed by atoms with E-state index in [0.717, 1.165) is 108 Å². The van der Waals surface area contributed by atoms with E-state index in [1.54, 1.807) is 0 Å². The molecule has 6 aliphatic heterocycles. The predicted octanol–water partition coefficient (Wildman–Crippen LogP) is 15.0. The molecule has 0 radical (unpaired) electrons. The van der Waals surface area contributed by atoms with Crippen LogP contribution in [0.4, 0.5) is 68.2 Å². The van der Waals surface area contributed by atoms with Crippen LogP contribution in [0, 0.1) is 0 Å². The lowest BCUT2D eigenvalue weighted by Gasteiger charge is -2.45. The molecule has 0 saturated carbocycles. The maximum Gasteiger partial charge on any atom is 0.264 e. The van der Waals surface area contributed by atoms with Gasteiger partial charge in [-0.2, -0.15) is 0 Å². The normalized spacial score (nSPS) is 13.9. The van der Waals surface area contributed by atoms with Gasteiger partial charge in [-0.15, -0.1) is 22.7 Å². The Morgan fingerprint density at radius 2 is 0.667 bits per heavy atom. The van der Waals surface area contributed by atoms with Crippen molar-refractivity contribution in [1.82, 2.24) is 0 Å². The molecule has 0 spiro atoms. The third-order valence-corrected chi connectivity index (χ3v) is 22.2. The number of thiophene rings is 2. The van der Waals surface area contributed by atoms with Gasteiger partial charge in [-0.25, -0.2) is 0 Å². The number of fused-ring (bicyclic) bond motifs is 16. The Bertz CT molecular complexity index is 5470. The number of para-hydroxylation sites is 5. The SMILES string of the molecule is CN1c2cc3c(cc2B2c4cc5c(cc4Oc4cc(Oc6ccccc6)cc1c42)N(C)c1cc(Oc2ccccc2)cc2c1B5c1sc4ccccc4c1N2c1ccccc1)B1c2sc4ccccc4c2N(c2ccccc2)c2cc(Oc4ccccc4)cc(c21)N3C. The zero-order valence-electron chi connectivity index (χ0n) is 50.7. The van der Waals surface area contributed by atoms with Crippen LogP contribution in [0.5, 0.6) is 46.0 Å². The average molecular weight is 1230 g/mol. The number of anilines is 12. The van der Waals surface area contributed by atoms with Crippen LogP contribution in [-0.2, 0) is 0 Å². The van der Waals surface area contributed by atoms with Gasteiger partial charge in [-0.05, 0) is 117 Å². The Morgan fingerprint density at radius 1 is 0.301 bits per heavy atom. The van der Waals surface area contributed by atoms with E-state index in [4.69, 9.17) is 18.9 Å². The number of benzene rings is 12. The fraction of sp³-hybridized carbons (Fsp3) is 0.0380. The van der Waals surface area contributed by atoms with Crippen LogP contribution in [-0.4, -0.2) is 41.3 Å². The summed E-state index contributed by atoms with van der Waals surface area (Å²) in [5.41, 5.74) is 21.7. The van der Waals surface area contributed by atoms with Gasteiger partial charge in [0.1, 0.15) is 46.0 Å². The van der Waals surface area contributed by atoms with Gasteiger partial charge in [0.15, 0.2) is 0 Å². The second kappa shape index (κ2) is 20.0. The van der Waals surface area contributed by atoms with Crippen LogP contribution in [0.1, 0.15) is 0 Å². The summed E-state index contributed by atoms with van der Waals surface area (Å²) in [6.07, 6.45) is 0. The summed E-state index contributed by atoms with van der Waals surface area (Å²) in [5, 5.41) is 2.44. The van der Waals surface area contributed by atoms with E-state index in [-0.39, 0.29) is 20.1 Å². The van der Waals surface area contributed by atoms with Crippen LogP contribution in [0.25, 0.3) is 20.2 Å². The quantitative estimate of drug-likeness (QED) is 0.139. The van der Waals surface area contributed by atoms with Crippen molar-refractivity contribution in [1.29, 1.82) is 0 Å². The van der Waals surface area contributed by atoms with Crippen LogP contribution in [0.15, 0.2) is 261 Å². The number of hydrogen-bond donors (Lipinski definition) is 0. The molecule has 93 heavy (non-hydrogen) atoms. The van der Waals surface area contributed by atoms with Crippen molar-refractivity contribution in [2.24, 2.45) is 0 Å². The molecule has 12 aromatic carbocycles. The van der Waals surface area contributed by atoms with Crippen molar-refractivity contribution in [3.8, 4) is 46.0 Å². The number of nitrogens with zero attached hydrogens (tertiary/aromatic N) is 5. The highest BCUT2D eigenvalue weighted by atomic mass is 32.1. The molecule has 0 saturated heterocycles. The maximum absolute atomic E-state index is 7.51. The minimum Gasteiger partial charge on any atom is -0.458 e. The zero-order chi connectivity index (χ0) is 61.3. The zero-order valence-corrected chi connectivity index (χ0v) is 52.4. The van der Waals surface area contributed by atoms with Gasteiger partial charge in [0.2, 0.25) is 0 Å². The first-order valence-electron chi connectivity index (χ1n) is 31.6. The van der Waals surface area contributed by atoms with Crippen molar-refractivity contribution < 1.29 is 18.9 Å². The highest BCUT2D eigenvalue weighted by Gasteiger charge is 2.51. The highest BCUT2D eigenvalue weighted by Crippen LogP contribution is 2.52. The molecular weight excluding hydrogens is 1180 g/mol. The van der Waals surface area contributed by atoms with Crippen molar-refractivity contribution in [2.75, 3.05) is 45.6 Å². The molecule has 0 amide bonds. The summed E-state index contributed by atoms with van der Waals surface area (Å²) in [5.74, 6) is 6.12. The first-order valence-corrected chi connectivity index (χ1v) is 33.2. The molecule has 0 atom stereocenters. The fourth-order valence-corrected chi connectivity index (χ4v) is 18.5. The monoisotopic (exact) mass is 1230 g/mol. The second-order valence-electron chi connectivity index (χ2n) is 24.8. The molecule has 0 fully saturated rings. The molecule has 8 heterocycles. The molecule has 6 aliphatic rings. The molecular formula is C79H52B3N5O4S2. The Balaban J connectivity index is 0.833. The number of ether oxygens (including phenoxy) is 4. The minimum atomic E-state index is -0.246. The molecule has 0 N–H and O–H groups in total. The van der Waals surface area contributed by atoms with Crippen molar-refractivity contribution >= 4 is 179 Å². The third kappa shape index (κ3) is 7.76. The van der Waals surface area contributed by atoms with Gasteiger partial charge >= 0.3 is 0 Å². The molecule has 14 heteroatoms. The van der Waals surface area contributed by atoms with E-state index in [2.05, 4.69) is 216 Å². The Morgan fingerprint density at radius 3 is 1.13 bits per heavy atom. The summed E-state index contributed by atoms with van der Waals surface area (Å²) in [7, 11) is 6.65. The molecule has 0 bridgehead atoms. The van der Waals surface area contributed by atoms with Gasteiger partial charge in [0.25, 0.3) is 20.1 Å². The van der Waals surface area contributed by atoms with E-state index >= 15 is 0 Å². The van der Waals surface area contributed by atoms with Gasteiger partial charge in [-0.3, -0.25) is 0 Å². The minimum absolute atomic E-state index is 0.124. The van der Waals surface area contributed by atoms with Crippen molar-refractivity contribution in [2.45, 2.75) is 0 Å². The number of hydrogen-bond acceptors (Lipinski definition) is 11. The van der Waals surface area contributed by atoms with Crippen LogP contribution in [0.3, 0.4) is 0 Å². The largest absolute Gasteiger partial charge is 0.458 e. The Kier molecular flexibility index (Phi) is 11.3. The van der Waals surface area contributed by atoms with E-state index in [1.165, 1.54) is 68.4 Å². The summed E-state index contributed by atoms with van der Waals surface area (Å²) in [6.45, 7) is -0.507. The predicted molar refractivity (Wildman–Crippen MR) is 390 cm³/mol. The molecule has 14 aromatic rings. The van der Waals surface area contributed by atoms with Gasteiger partial charge < -0.3 is 43.4 Å². The summed E-state index contributed by atoms with van der Waals surface area (Å²) >= 11 is 3.81. The second-order valence-corrected chi connectivity index (χ2v) is 27.0. The molecule has 0 unspecified atom stereocenters. The molecule has 9 nitrogen and oxygen atoms in total. The van der Waals surface area contributed by atoms with Crippen LogP contribution in [0.2, 0.25) is 0 Å². The molecule has 438 valence electrons. The Hall–Kier alpha value is -11.0. The van der Waals surface area contributed by atoms with Gasteiger partial charge in [-0.1, -0.05) is 140 Å². The van der Waals surface area contributed by atoms with Gasteiger partial charge in [0.05, 0.1) is 11.4 Å². The Labute approximate surface area is 546 Å². The van der Waals surface area contributed by atoms with E-state index in [9.17, 15) is 0 Å². The maximum atomic E-state index is 7.51. The van der Waals surface area contributed by atoms with Crippen LogP contribution < -0.4 is 91.2 Å². The van der Waals surface area contributed by atoms with E-state index < -0.39 is 0 Å². The lowest BCUT2D eigenvalue weighted by Crippen LogP contribution is -2.65. The lowest BCUT2D eigenvalue weighted by molar-refractivity contribution is 0.463. The lowest BCUT2D eigenvalue weighted by atomic mass is 9.30. The summed E-state index contributed by atoms with van der Waals surface area (Å²) < 4.78 is 33.2. The topological polar surface area (TPSA) is 53.1 Å².